The molecule has 170 valence electrons. The monoisotopic (exact) mass is 444 g/mol. The normalized spacial score (nSPS) is 16.5. The van der Waals surface area contributed by atoms with Crippen molar-refractivity contribution in [3.63, 3.8) is 0 Å². The van der Waals surface area contributed by atoms with E-state index in [1.807, 2.05) is 61.5 Å². The maximum absolute atomic E-state index is 12.7. The lowest BCUT2D eigenvalue weighted by atomic mass is 10.1. The maximum Gasteiger partial charge on any atom is 0.249 e. The third kappa shape index (κ3) is 5.79. The van der Waals surface area contributed by atoms with Crippen molar-refractivity contribution in [2.45, 2.75) is 38.5 Å². The van der Waals surface area contributed by atoms with E-state index in [4.69, 9.17) is 4.74 Å². The summed E-state index contributed by atoms with van der Waals surface area (Å²) in [5, 5.41) is 13.3. The fourth-order valence-electron chi connectivity index (χ4n) is 3.87. The number of nitrogens with zero attached hydrogens (tertiary/aromatic N) is 1. The van der Waals surface area contributed by atoms with Crippen LogP contribution in [-0.2, 0) is 16.2 Å². The van der Waals surface area contributed by atoms with E-state index >= 15 is 0 Å². The molecular weight excluding hydrogens is 416 g/mol. The highest BCUT2D eigenvalue weighted by Gasteiger charge is 2.33. The van der Waals surface area contributed by atoms with Crippen molar-refractivity contribution in [2.24, 2.45) is 0 Å². The lowest BCUT2D eigenvalue weighted by molar-refractivity contribution is -0.127. The largest absolute Gasteiger partial charge is 0.489 e. The molecule has 3 aromatic rings. The Labute approximate surface area is 193 Å². The van der Waals surface area contributed by atoms with Gasteiger partial charge in [-0.05, 0) is 48.7 Å². The number of carbonyl (C=O) groups excluding carboxylic acids is 2. The van der Waals surface area contributed by atoms with Gasteiger partial charge in [-0.25, -0.2) is 0 Å². The van der Waals surface area contributed by atoms with Gasteiger partial charge in [0.25, 0.3) is 0 Å². The third-order valence-electron chi connectivity index (χ3n) is 5.78. The zero-order valence-corrected chi connectivity index (χ0v) is 18.6. The van der Waals surface area contributed by atoms with Gasteiger partial charge in [-0.3, -0.25) is 9.59 Å². The fourth-order valence-corrected chi connectivity index (χ4v) is 3.87. The van der Waals surface area contributed by atoms with E-state index in [1.165, 1.54) is 0 Å². The SMILES string of the molecule is Cc1ccc(N2CCC(NC(=O)CC(O)c3ccc(OCc4ccccc4)cc3)C2=O)cc1. The first kappa shape index (κ1) is 22.6. The Balaban J connectivity index is 1.27. The fraction of sp³-hybridized carbons (Fsp3) is 0.259. The minimum absolute atomic E-state index is 0.113. The quantitative estimate of drug-likeness (QED) is 0.552. The Morgan fingerprint density at radius 1 is 1.06 bits per heavy atom. The number of aryl methyl sites for hydroxylation is 1. The van der Waals surface area contributed by atoms with Crippen LogP contribution in [0.2, 0.25) is 0 Å². The highest BCUT2D eigenvalue weighted by Crippen LogP contribution is 2.24. The third-order valence-corrected chi connectivity index (χ3v) is 5.78. The Morgan fingerprint density at radius 2 is 1.76 bits per heavy atom. The first-order valence-corrected chi connectivity index (χ1v) is 11.1. The summed E-state index contributed by atoms with van der Waals surface area (Å²) in [6, 6.07) is 24.1. The Bertz CT molecular complexity index is 1080. The summed E-state index contributed by atoms with van der Waals surface area (Å²) in [7, 11) is 0. The number of hydrogen-bond acceptors (Lipinski definition) is 4. The van der Waals surface area contributed by atoms with E-state index in [0.29, 0.717) is 30.9 Å². The summed E-state index contributed by atoms with van der Waals surface area (Å²) in [4.78, 5) is 26.9. The van der Waals surface area contributed by atoms with E-state index in [2.05, 4.69) is 5.32 Å². The van der Waals surface area contributed by atoms with Crippen LogP contribution in [0.15, 0.2) is 78.9 Å². The van der Waals surface area contributed by atoms with Gasteiger partial charge in [-0.15, -0.1) is 0 Å². The first-order valence-electron chi connectivity index (χ1n) is 11.1. The number of carbonyl (C=O) groups is 2. The van der Waals surface area contributed by atoms with Crippen molar-refractivity contribution in [2.75, 3.05) is 11.4 Å². The van der Waals surface area contributed by atoms with Crippen LogP contribution in [-0.4, -0.2) is 29.5 Å². The van der Waals surface area contributed by atoms with Crippen molar-refractivity contribution < 1.29 is 19.4 Å². The van der Waals surface area contributed by atoms with Crippen molar-refractivity contribution in [3.8, 4) is 5.75 Å². The van der Waals surface area contributed by atoms with E-state index in [-0.39, 0.29) is 18.2 Å². The van der Waals surface area contributed by atoms with Crippen molar-refractivity contribution in [1.29, 1.82) is 0 Å². The molecule has 1 saturated heterocycles. The zero-order valence-electron chi connectivity index (χ0n) is 18.6. The van der Waals surface area contributed by atoms with Crippen LogP contribution in [0, 0.1) is 6.92 Å². The van der Waals surface area contributed by atoms with Crippen molar-refractivity contribution >= 4 is 17.5 Å². The molecular formula is C27H28N2O4. The van der Waals surface area contributed by atoms with Crippen LogP contribution in [0.25, 0.3) is 0 Å². The Kier molecular flexibility index (Phi) is 7.05. The van der Waals surface area contributed by atoms with Crippen molar-refractivity contribution in [1.82, 2.24) is 5.32 Å². The van der Waals surface area contributed by atoms with Crippen LogP contribution in [0.4, 0.5) is 5.69 Å². The molecule has 0 aliphatic carbocycles. The molecule has 0 saturated carbocycles. The average molecular weight is 445 g/mol. The molecule has 0 bridgehead atoms. The van der Waals surface area contributed by atoms with Gasteiger partial charge in [0.05, 0.1) is 12.5 Å². The summed E-state index contributed by atoms with van der Waals surface area (Å²) in [6.45, 7) is 3.01. The lowest BCUT2D eigenvalue weighted by Crippen LogP contribution is -2.41. The number of benzene rings is 3. The lowest BCUT2D eigenvalue weighted by Gasteiger charge is -2.18. The number of aliphatic hydroxyl groups excluding tert-OH is 1. The number of aliphatic hydroxyl groups is 1. The van der Waals surface area contributed by atoms with Crippen LogP contribution in [0.1, 0.15) is 35.6 Å². The van der Waals surface area contributed by atoms with Crippen LogP contribution < -0.4 is 15.0 Å². The second-order valence-corrected chi connectivity index (χ2v) is 8.30. The van der Waals surface area contributed by atoms with Gasteiger partial charge >= 0.3 is 0 Å². The molecule has 0 aromatic heterocycles. The van der Waals surface area contributed by atoms with Crippen molar-refractivity contribution in [3.05, 3.63) is 95.6 Å². The molecule has 0 radical (unpaired) electrons. The summed E-state index contributed by atoms with van der Waals surface area (Å²) in [5.74, 6) is 0.213. The predicted octanol–water partition coefficient (Wildman–Crippen LogP) is 3.92. The second kappa shape index (κ2) is 10.3. The van der Waals surface area contributed by atoms with E-state index in [0.717, 1.165) is 16.8 Å². The molecule has 1 fully saturated rings. The highest BCUT2D eigenvalue weighted by molar-refractivity contribution is 6.01. The van der Waals surface area contributed by atoms with Gasteiger partial charge < -0.3 is 20.1 Å². The van der Waals surface area contributed by atoms with E-state index in [9.17, 15) is 14.7 Å². The minimum atomic E-state index is -0.960. The van der Waals surface area contributed by atoms with Gasteiger partial charge in [-0.1, -0.05) is 60.2 Å². The first-order chi connectivity index (χ1) is 16.0. The molecule has 1 aliphatic heterocycles. The Morgan fingerprint density at radius 3 is 2.45 bits per heavy atom. The summed E-state index contributed by atoms with van der Waals surface area (Å²) in [5.41, 5.74) is 3.65. The van der Waals surface area contributed by atoms with Gasteiger partial charge in [0.1, 0.15) is 18.4 Å². The summed E-state index contributed by atoms with van der Waals surface area (Å²) >= 11 is 0. The molecule has 1 aliphatic rings. The highest BCUT2D eigenvalue weighted by atomic mass is 16.5. The number of hydrogen-bond donors (Lipinski definition) is 2. The van der Waals surface area contributed by atoms with Gasteiger partial charge in [-0.2, -0.15) is 0 Å². The van der Waals surface area contributed by atoms with Crippen LogP contribution >= 0.6 is 0 Å². The Hall–Kier alpha value is -3.64. The topological polar surface area (TPSA) is 78.9 Å². The smallest absolute Gasteiger partial charge is 0.249 e. The summed E-state index contributed by atoms with van der Waals surface area (Å²) in [6.07, 6.45) is -0.529. The number of rotatable bonds is 8. The molecule has 2 amide bonds. The molecule has 2 atom stereocenters. The molecule has 2 N–H and O–H groups in total. The number of ether oxygens (including phenoxy) is 1. The molecule has 4 rings (SSSR count). The van der Waals surface area contributed by atoms with E-state index < -0.39 is 12.1 Å². The molecule has 6 heteroatoms. The van der Waals surface area contributed by atoms with Crippen LogP contribution in [0.5, 0.6) is 5.75 Å². The standard InChI is InChI=1S/C27H28N2O4/c1-19-7-11-22(12-8-19)29-16-15-24(27(29)32)28-26(31)17-25(30)21-9-13-23(14-10-21)33-18-20-5-3-2-4-6-20/h2-14,24-25,30H,15-18H2,1H3,(H,28,31). The molecule has 33 heavy (non-hydrogen) atoms. The maximum atomic E-state index is 12.7. The van der Waals surface area contributed by atoms with E-state index in [1.54, 1.807) is 29.2 Å². The molecule has 2 unspecified atom stereocenters. The number of nitrogens with one attached hydrogen (secondary N) is 1. The predicted molar refractivity (Wildman–Crippen MR) is 127 cm³/mol. The van der Waals surface area contributed by atoms with Crippen LogP contribution in [0.3, 0.4) is 0 Å². The molecule has 6 nitrogen and oxygen atoms in total. The minimum Gasteiger partial charge on any atom is -0.489 e. The zero-order chi connectivity index (χ0) is 23.2. The van der Waals surface area contributed by atoms with Gasteiger partial charge in [0, 0.05) is 12.2 Å². The molecule has 3 aromatic carbocycles. The summed E-state index contributed by atoms with van der Waals surface area (Å²) < 4.78 is 5.76. The molecule has 0 spiro atoms. The van der Waals surface area contributed by atoms with Gasteiger partial charge in [0.15, 0.2) is 0 Å². The number of anilines is 1. The molecule has 1 heterocycles. The van der Waals surface area contributed by atoms with Gasteiger partial charge in [0.2, 0.25) is 11.8 Å². The number of amides is 2. The average Bonchev–Trinajstić information content (AvgIpc) is 3.19. The second-order valence-electron chi connectivity index (χ2n) is 8.30.